The van der Waals surface area contributed by atoms with E-state index in [0.717, 1.165) is 13.0 Å². The molecule has 0 aliphatic carbocycles. The van der Waals surface area contributed by atoms with Crippen molar-refractivity contribution in [3.63, 3.8) is 0 Å². The zero-order valence-electron chi connectivity index (χ0n) is 10.4. The van der Waals surface area contributed by atoms with Crippen molar-refractivity contribution in [1.82, 2.24) is 25.8 Å². The minimum absolute atomic E-state index is 0.00842. The number of aromatic nitrogens is 3. The number of aromatic amines is 1. The van der Waals surface area contributed by atoms with E-state index in [1.54, 1.807) is 0 Å². The van der Waals surface area contributed by atoms with Gasteiger partial charge < -0.3 is 10.6 Å². The monoisotopic (exact) mass is 257 g/mol. The summed E-state index contributed by atoms with van der Waals surface area (Å²) in [5.74, 6) is 0.649. The molecule has 0 unspecified atom stereocenters. The Bertz CT molecular complexity index is 566. The number of carbonyl (C=O) groups is 1. The Balaban J connectivity index is 1.60. The van der Waals surface area contributed by atoms with Crippen molar-refractivity contribution in [2.45, 2.75) is 25.6 Å². The predicted molar refractivity (Wildman–Crippen MR) is 69.0 cm³/mol. The van der Waals surface area contributed by atoms with Crippen LogP contribution in [0.4, 0.5) is 0 Å². The fourth-order valence-electron chi connectivity index (χ4n) is 2.25. The Morgan fingerprint density at radius 1 is 1.37 bits per heavy atom. The number of nitrogens with zero attached hydrogens (tertiary/aromatic N) is 2. The van der Waals surface area contributed by atoms with Gasteiger partial charge in [-0.3, -0.25) is 9.89 Å². The largest absolute Gasteiger partial charge is 0.347 e. The zero-order valence-corrected chi connectivity index (χ0v) is 10.4. The highest BCUT2D eigenvalue weighted by atomic mass is 16.2. The number of amides is 1. The molecule has 0 fully saturated rings. The number of nitrogens with one attached hydrogen (secondary N) is 3. The molecule has 0 radical (unpaired) electrons. The van der Waals surface area contributed by atoms with E-state index in [0.29, 0.717) is 12.4 Å². The summed E-state index contributed by atoms with van der Waals surface area (Å²) in [7, 11) is 0. The van der Waals surface area contributed by atoms with Crippen molar-refractivity contribution in [2.75, 3.05) is 0 Å². The van der Waals surface area contributed by atoms with E-state index < -0.39 is 0 Å². The fraction of sp³-hybridized carbons (Fsp3) is 0.308. The molecule has 1 aromatic heterocycles. The van der Waals surface area contributed by atoms with Crippen molar-refractivity contribution >= 4 is 5.91 Å². The lowest BCUT2D eigenvalue weighted by molar-refractivity contribution is -0.123. The Morgan fingerprint density at radius 2 is 2.21 bits per heavy atom. The van der Waals surface area contributed by atoms with E-state index in [4.69, 9.17) is 0 Å². The molecule has 0 spiro atoms. The standard InChI is InChI=1S/C13H15N5O/c19-13(15-7-12-16-8-17-18-12)11-5-9-3-1-2-4-10(9)6-14-11/h1-4,8,11,14H,5-7H2,(H,15,19)(H,16,17,18)/t11-/m1/s1. The van der Waals surface area contributed by atoms with Gasteiger partial charge in [0.05, 0.1) is 12.6 Å². The second-order valence-corrected chi connectivity index (χ2v) is 4.56. The highest BCUT2D eigenvalue weighted by Crippen LogP contribution is 2.16. The number of hydrogen-bond donors (Lipinski definition) is 3. The van der Waals surface area contributed by atoms with Gasteiger partial charge in [-0.2, -0.15) is 5.10 Å². The summed E-state index contributed by atoms with van der Waals surface area (Å²) in [6, 6.07) is 8.01. The molecule has 0 bridgehead atoms. The van der Waals surface area contributed by atoms with Crippen LogP contribution < -0.4 is 10.6 Å². The van der Waals surface area contributed by atoms with Gasteiger partial charge in [0, 0.05) is 6.54 Å². The maximum atomic E-state index is 12.1. The van der Waals surface area contributed by atoms with Gasteiger partial charge >= 0.3 is 0 Å². The molecular weight excluding hydrogens is 242 g/mol. The van der Waals surface area contributed by atoms with Crippen LogP contribution in [0.1, 0.15) is 17.0 Å². The highest BCUT2D eigenvalue weighted by molar-refractivity contribution is 5.82. The Kier molecular flexibility index (Phi) is 3.24. The number of H-pyrrole nitrogens is 1. The molecule has 1 aliphatic heterocycles. The number of rotatable bonds is 3. The Labute approximate surface area is 110 Å². The predicted octanol–water partition coefficient (Wildman–Crippen LogP) is 0.135. The van der Waals surface area contributed by atoms with Crippen LogP contribution >= 0.6 is 0 Å². The fourth-order valence-corrected chi connectivity index (χ4v) is 2.25. The number of hydrogen-bond acceptors (Lipinski definition) is 4. The zero-order chi connectivity index (χ0) is 13.1. The maximum absolute atomic E-state index is 12.1. The normalized spacial score (nSPS) is 17.8. The van der Waals surface area contributed by atoms with Gasteiger partial charge in [0.1, 0.15) is 12.2 Å². The van der Waals surface area contributed by atoms with Crippen molar-refractivity contribution in [2.24, 2.45) is 0 Å². The van der Waals surface area contributed by atoms with Gasteiger partial charge in [-0.05, 0) is 17.5 Å². The van der Waals surface area contributed by atoms with Crippen LogP contribution in [0, 0.1) is 0 Å². The van der Waals surface area contributed by atoms with Gasteiger partial charge in [-0.1, -0.05) is 24.3 Å². The summed E-state index contributed by atoms with van der Waals surface area (Å²) in [5.41, 5.74) is 2.50. The second-order valence-electron chi connectivity index (χ2n) is 4.56. The SMILES string of the molecule is O=C(NCc1ncn[nH]1)[C@H]1Cc2ccccc2CN1. The molecule has 0 saturated carbocycles. The quantitative estimate of drug-likeness (QED) is 0.730. The summed E-state index contributed by atoms with van der Waals surface area (Å²) in [6.45, 7) is 1.11. The van der Waals surface area contributed by atoms with Crippen LogP contribution in [0.3, 0.4) is 0 Å². The van der Waals surface area contributed by atoms with Gasteiger partial charge in [-0.25, -0.2) is 4.98 Å². The molecule has 1 aromatic carbocycles. The lowest BCUT2D eigenvalue weighted by Crippen LogP contribution is -2.47. The second kappa shape index (κ2) is 5.19. The van der Waals surface area contributed by atoms with E-state index in [-0.39, 0.29) is 11.9 Å². The van der Waals surface area contributed by atoms with E-state index in [2.05, 4.69) is 37.9 Å². The molecule has 6 nitrogen and oxygen atoms in total. The van der Waals surface area contributed by atoms with Crippen LogP contribution in [-0.4, -0.2) is 27.1 Å². The molecule has 98 valence electrons. The van der Waals surface area contributed by atoms with Crippen molar-refractivity contribution < 1.29 is 4.79 Å². The molecule has 19 heavy (non-hydrogen) atoms. The van der Waals surface area contributed by atoms with E-state index in [1.807, 2.05) is 12.1 Å². The molecule has 1 amide bonds. The molecule has 6 heteroatoms. The summed E-state index contributed by atoms with van der Waals surface area (Å²) in [5, 5.41) is 12.6. The Hall–Kier alpha value is -2.21. The maximum Gasteiger partial charge on any atom is 0.237 e. The smallest absolute Gasteiger partial charge is 0.237 e. The van der Waals surface area contributed by atoms with E-state index in [1.165, 1.54) is 17.5 Å². The minimum Gasteiger partial charge on any atom is -0.347 e. The first kappa shape index (κ1) is 11.9. The first-order valence-electron chi connectivity index (χ1n) is 6.25. The van der Waals surface area contributed by atoms with Gasteiger partial charge in [0.15, 0.2) is 0 Å². The molecule has 0 saturated heterocycles. The van der Waals surface area contributed by atoms with E-state index in [9.17, 15) is 4.79 Å². The van der Waals surface area contributed by atoms with Gasteiger partial charge in [0.2, 0.25) is 5.91 Å². The topological polar surface area (TPSA) is 82.7 Å². The Morgan fingerprint density at radius 3 is 3.00 bits per heavy atom. The minimum atomic E-state index is -0.183. The molecule has 1 atom stereocenters. The number of carbonyl (C=O) groups excluding carboxylic acids is 1. The average molecular weight is 257 g/mol. The van der Waals surface area contributed by atoms with Crippen LogP contribution in [-0.2, 0) is 24.3 Å². The first-order valence-corrected chi connectivity index (χ1v) is 6.25. The molecular formula is C13H15N5O. The van der Waals surface area contributed by atoms with Crippen molar-refractivity contribution in [1.29, 1.82) is 0 Å². The first-order chi connectivity index (χ1) is 9.33. The molecule has 3 N–H and O–H groups in total. The van der Waals surface area contributed by atoms with Crippen LogP contribution in [0.5, 0.6) is 0 Å². The third-order valence-electron chi connectivity index (χ3n) is 3.29. The average Bonchev–Trinajstić information content (AvgIpc) is 2.97. The van der Waals surface area contributed by atoms with Crippen molar-refractivity contribution in [3.05, 3.63) is 47.5 Å². The summed E-state index contributed by atoms with van der Waals surface area (Å²) in [6.07, 6.45) is 2.15. The summed E-state index contributed by atoms with van der Waals surface area (Å²) in [4.78, 5) is 16.0. The highest BCUT2D eigenvalue weighted by Gasteiger charge is 2.23. The van der Waals surface area contributed by atoms with Gasteiger partial charge in [0.25, 0.3) is 0 Å². The number of fused-ring (bicyclic) bond motifs is 1. The lowest BCUT2D eigenvalue weighted by atomic mass is 9.95. The summed E-state index contributed by atoms with van der Waals surface area (Å²) < 4.78 is 0. The molecule has 2 aromatic rings. The van der Waals surface area contributed by atoms with Crippen LogP contribution in [0.25, 0.3) is 0 Å². The number of benzene rings is 1. The summed E-state index contributed by atoms with van der Waals surface area (Å²) >= 11 is 0. The third kappa shape index (κ3) is 2.63. The van der Waals surface area contributed by atoms with Crippen LogP contribution in [0.2, 0.25) is 0 Å². The van der Waals surface area contributed by atoms with E-state index >= 15 is 0 Å². The molecule has 1 aliphatic rings. The molecule has 2 heterocycles. The lowest BCUT2D eigenvalue weighted by Gasteiger charge is -2.25. The third-order valence-corrected chi connectivity index (χ3v) is 3.29. The molecule has 3 rings (SSSR count). The van der Waals surface area contributed by atoms with Gasteiger partial charge in [-0.15, -0.1) is 0 Å². The van der Waals surface area contributed by atoms with Crippen molar-refractivity contribution in [3.8, 4) is 0 Å². The van der Waals surface area contributed by atoms with Crippen LogP contribution in [0.15, 0.2) is 30.6 Å².